The van der Waals surface area contributed by atoms with E-state index in [-0.39, 0.29) is 12.0 Å². The highest BCUT2D eigenvalue weighted by Gasteiger charge is 2.22. The Hall–Kier alpha value is -2.01. The minimum absolute atomic E-state index is 0.0242. The lowest BCUT2D eigenvalue weighted by atomic mass is 9.90. The first-order valence-corrected chi connectivity index (χ1v) is 8.25. The summed E-state index contributed by atoms with van der Waals surface area (Å²) in [7, 11) is 0. The molecule has 2 N–H and O–H groups in total. The van der Waals surface area contributed by atoms with Gasteiger partial charge in [-0.25, -0.2) is 9.97 Å². The minimum Gasteiger partial charge on any atom is -0.396 e. The van der Waals surface area contributed by atoms with Crippen molar-refractivity contribution < 1.29 is 5.11 Å². The molecule has 0 saturated heterocycles. The van der Waals surface area contributed by atoms with Gasteiger partial charge in [0.1, 0.15) is 11.5 Å². The van der Waals surface area contributed by atoms with Gasteiger partial charge in [0.05, 0.1) is 0 Å². The number of rotatable bonds is 6. The van der Waals surface area contributed by atoms with Crippen LogP contribution >= 0.6 is 0 Å². The van der Waals surface area contributed by atoms with Crippen molar-refractivity contribution >= 4 is 5.82 Å². The van der Waals surface area contributed by atoms with Crippen LogP contribution in [0, 0.1) is 5.41 Å². The Kier molecular flexibility index (Phi) is 4.57. The van der Waals surface area contributed by atoms with Crippen LogP contribution in [0.15, 0.2) is 24.4 Å². The van der Waals surface area contributed by atoms with Crippen LogP contribution in [0.5, 0.6) is 0 Å². The lowest BCUT2D eigenvalue weighted by molar-refractivity contribution is 0.220. The van der Waals surface area contributed by atoms with Gasteiger partial charge in [0.25, 0.3) is 0 Å². The molecule has 23 heavy (non-hydrogen) atoms. The number of nitrogens with one attached hydrogen (secondary N) is 1. The summed E-state index contributed by atoms with van der Waals surface area (Å²) in [6.07, 6.45) is 5.70. The fraction of sp³-hybridized carbons (Fsp3) is 0.500. The normalized spacial score (nSPS) is 13.9. The Morgan fingerprint density at radius 1 is 1.22 bits per heavy atom. The van der Waals surface area contributed by atoms with E-state index in [2.05, 4.69) is 24.1 Å². The standard InChI is InChI=1S/C18H24N4O/c1-18(2,9-11-23)12-20-16-13-6-5-8-14(13)21-17(22-16)15-7-3-4-10-19-15/h3-4,7,10,23H,5-6,8-9,11-12H2,1-2H3,(H,20,21,22). The number of aromatic nitrogens is 3. The maximum atomic E-state index is 9.19. The van der Waals surface area contributed by atoms with Gasteiger partial charge >= 0.3 is 0 Å². The first-order valence-electron chi connectivity index (χ1n) is 8.25. The molecule has 2 heterocycles. The Morgan fingerprint density at radius 2 is 2.09 bits per heavy atom. The van der Waals surface area contributed by atoms with E-state index in [0.717, 1.165) is 49.4 Å². The van der Waals surface area contributed by atoms with Gasteiger partial charge < -0.3 is 10.4 Å². The second-order valence-electron chi connectivity index (χ2n) is 6.88. The van der Waals surface area contributed by atoms with Crippen LogP contribution in [-0.2, 0) is 12.8 Å². The van der Waals surface area contributed by atoms with Crippen molar-refractivity contribution in [3.63, 3.8) is 0 Å². The molecule has 122 valence electrons. The Balaban J connectivity index is 1.89. The Labute approximate surface area is 137 Å². The molecule has 0 aliphatic heterocycles. The summed E-state index contributed by atoms with van der Waals surface area (Å²) in [6, 6.07) is 5.79. The zero-order valence-corrected chi connectivity index (χ0v) is 13.8. The smallest absolute Gasteiger partial charge is 0.180 e. The lowest BCUT2D eigenvalue weighted by Crippen LogP contribution is -2.25. The topological polar surface area (TPSA) is 70.9 Å². The summed E-state index contributed by atoms with van der Waals surface area (Å²) in [5.74, 6) is 1.62. The summed E-state index contributed by atoms with van der Waals surface area (Å²) in [5, 5.41) is 12.7. The van der Waals surface area contributed by atoms with Crippen molar-refractivity contribution in [2.45, 2.75) is 39.5 Å². The second kappa shape index (κ2) is 6.62. The monoisotopic (exact) mass is 312 g/mol. The zero-order chi connectivity index (χ0) is 16.3. The lowest BCUT2D eigenvalue weighted by Gasteiger charge is -2.25. The SMILES string of the molecule is CC(C)(CCO)CNc1nc(-c2ccccn2)nc2c1CCC2. The van der Waals surface area contributed by atoms with Gasteiger partial charge in [0, 0.05) is 30.6 Å². The van der Waals surface area contributed by atoms with Crippen LogP contribution in [0.2, 0.25) is 0 Å². The predicted molar refractivity (Wildman–Crippen MR) is 91.3 cm³/mol. The van der Waals surface area contributed by atoms with Crippen molar-refractivity contribution in [1.29, 1.82) is 0 Å². The van der Waals surface area contributed by atoms with Gasteiger partial charge in [-0.1, -0.05) is 19.9 Å². The van der Waals surface area contributed by atoms with Crippen LogP contribution in [-0.4, -0.2) is 33.2 Å². The molecule has 3 rings (SSSR count). The van der Waals surface area contributed by atoms with E-state index in [9.17, 15) is 5.11 Å². The summed E-state index contributed by atoms with van der Waals surface area (Å²) in [6.45, 7) is 5.28. The van der Waals surface area contributed by atoms with Gasteiger partial charge in [-0.05, 0) is 43.2 Å². The van der Waals surface area contributed by atoms with E-state index in [0.29, 0.717) is 5.82 Å². The molecule has 1 aliphatic rings. The van der Waals surface area contributed by atoms with Gasteiger partial charge in [0.2, 0.25) is 0 Å². The van der Waals surface area contributed by atoms with Crippen molar-refractivity contribution in [2.24, 2.45) is 5.41 Å². The molecule has 0 unspecified atom stereocenters. The maximum absolute atomic E-state index is 9.19. The number of hydrogen-bond acceptors (Lipinski definition) is 5. The van der Waals surface area contributed by atoms with Crippen LogP contribution in [0.25, 0.3) is 11.5 Å². The molecule has 5 heteroatoms. The number of aryl methyl sites for hydroxylation is 1. The summed E-state index contributed by atoms with van der Waals surface area (Å²) in [4.78, 5) is 13.8. The number of nitrogens with zero attached hydrogens (tertiary/aromatic N) is 3. The Bertz CT molecular complexity index is 670. The average Bonchev–Trinajstić information content (AvgIpc) is 3.02. The summed E-state index contributed by atoms with van der Waals surface area (Å²) < 4.78 is 0. The first-order chi connectivity index (χ1) is 11.1. The molecule has 0 radical (unpaired) electrons. The van der Waals surface area contributed by atoms with Crippen molar-refractivity contribution in [3.8, 4) is 11.5 Å². The van der Waals surface area contributed by atoms with Crippen molar-refractivity contribution in [1.82, 2.24) is 15.0 Å². The molecular formula is C18H24N4O. The van der Waals surface area contributed by atoms with Crippen molar-refractivity contribution in [2.75, 3.05) is 18.5 Å². The van der Waals surface area contributed by atoms with Crippen molar-refractivity contribution in [3.05, 3.63) is 35.7 Å². The molecule has 0 aromatic carbocycles. The van der Waals surface area contributed by atoms with E-state index >= 15 is 0 Å². The van der Waals surface area contributed by atoms with E-state index in [1.54, 1.807) is 6.20 Å². The molecule has 2 aromatic heterocycles. The third-order valence-electron chi connectivity index (χ3n) is 4.35. The number of pyridine rings is 1. The largest absolute Gasteiger partial charge is 0.396 e. The van der Waals surface area contributed by atoms with E-state index in [4.69, 9.17) is 9.97 Å². The van der Waals surface area contributed by atoms with Crippen LogP contribution < -0.4 is 5.32 Å². The molecule has 0 spiro atoms. The number of hydrogen-bond donors (Lipinski definition) is 2. The number of aliphatic hydroxyl groups excluding tert-OH is 1. The first kappa shape index (κ1) is 15.9. The maximum Gasteiger partial charge on any atom is 0.180 e. The van der Waals surface area contributed by atoms with E-state index in [1.807, 2.05) is 18.2 Å². The zero-order valence-electron chi connectivity index (χ0n) is 13.8. The average molecular weight is 312 g/mol. The molecule has 0 amide bonds. The fourth-order valence-corrected chi connectivity index (χ4v) is 2.90. The molecule has 0 atom stereocenters. The van der Waals surface area contributed by atoms with E-state index < -0.39 is 0 Å². The van der Waals surface area contributed by atoms with Crippen LogP contribution in [0.3, 0.4) is 0 Å². The highest BCUT2D eigenvalue weighted by Crippen LogP contribution is 2.30. The molecule has 1 aliphatic carbocycles. The second-order valence-corrected chi connectivity index (χ2v) is 6.88. The molecule has 0 fully saturated rings. The van der Waals surface area contributed by atoms with Crippen LogP contribution in [0.4, 0.5) is 5.82 Å². The summed E-state index contributed by atoms with van der Waals surface area (Å²) >= 11 is 0. The minimum atomic E-state index is 0.0242. The van der Waals surface area contributed by atoms with E-state index in [1.165, 1.54) is 5.56 Å². The third kappa shape index (κ3) is 3.67. The van der Waals surface area contributed by atoms with Crippen LogP contribution in [0.1, 0.15) is 37.9 Å². The third-order valence-corrected chi connectivity index (χ3v) is 4.35. The highest BCUT2D eigenvalue weighted by molar-refractivity contribution is 5.57. The quantitative estimate of drug-likeness (QED) is 0.858. The highest BCUT2D eigenvalue weighted by atomic mass is 16.3. The van der Waals surface area contributed by atoms with Gasteiger partial charge in [-0.3, -0.25) is 4.98 Å². The predicted octanol–water partition coefficient (Wildman–Crippen LogP) is 2.85. The van der Waals surface area contributed by atoms with Gasteiger partial charge in [-0.15, -0.1) is 0 Å². The summed E-state index contributed by atoms with van der Waals surface area (Å²) in [5.41, 5.74) is 3.21. The molecule has 5 nitrogen and oxygen atoms in total. The Morgan fingerprint density at radius 3 is 2.83 bits per heavy atom. The number of aliphatic hydroxyl groups is 1. The molecular weight excluding hydrogens is 288 g/mol. The molecule has 0 bridgehead atoms. The molecule has 2 aromatic rings. The number of fused-ring (bicyclic) bond motifs is 1. The fourth-order valence-electron chi connectivity index (χ4n) is 2.90. The number of anilines is 1. The molecule has 0 saturated carbocycles. The van der Waals surface area contributed by atoms with Gasteiger partial charge in [0.15, 0.2) is 5.82 Å². The van der Waals surface area contributed by atoms with Gasteiger partial charge in [-0.2, -0.15) is 0 Å².